The van der Waals surface area contributed by atoms with Crippen LogP contribution < -0.4 is 9.47 Å². The van der Waals surface area contributed by atoms with Crippen molar-refractivity contribution in [3.05, 3.63) is 46.6 Å². The fraction of sp³-hybridized carbons (Fsp3) is 0.346. The van der Waals surface area contributed by atoms with Gasteiger partial charge in [0.2, 0.25) is 0 Å². The molecule has 2 saturated carbocycles. The van der Waals surface area contributed by atoms with Gasteiger partial charge in [-0.1, -0.05) is 30.4 Å². The zero-order valence-corrected chi connectivity index (χ0v) is 21.0. The van der Waals surface area contributed by atoms with Crippen LogP contribution in [0.25, 0.3) is 23.5 Å². The summed E-state index contributed by atoms with van der Waals surface area (Å²) in [6.45, 7) is 0. The van der Waals surface area contributed by atoms with Gasteiger partial charge in [-0.3, -0.25) is 9.69 Å². The second-order valence-corrected chi connectivity index (χ2v) is 10.7. The molecule has 0 spiro atoms. The predicted molar refractivity (Wildman–Crippen MR) is 138 cm³/mol. The van der Waals surface area contributed by atoms with Gasteiger partial charge in [0, 0.05) is 35.4 Å². The van der Waals surface area contributed by atoms with Crippen LogP contribution in [0.15, 0.2) is 39.7 Å². The summed E-state index contributed by atoms with van der Waals surface area (Å²) in [5, 5.41) is 9.15. The summed E-state index contributed by atoms with van der Waals surface area (Å²) in [5.41, 5.74) is 1.23. The van der Waals surface area contributed by atoms with Crippen LogP contribution in [0, 0.1) is 11.8 Å². The molecule has 1 N–H and O–H groups in total. The van der Waals surface area contributed by atoms with Gasteiger partial charge in [0.15, 0.2) is 0 Å². The van der Waals surface area contributed by atoms with Crippen molar-refractivity contribution < 1.29 is 28.6 Å². The van der Waals surface area contributed by atoms with E-state index in [9.17, 15) is 9.59 Å². The Hall–Kier alpha value is -3.04. The number of ether oxygens (including phenoxy) is 2. The summed E-state index contributed by atoms with van der Waals surface area (Å²) in [4.78, 5) is 26.8. The van der Waals surface area contributed by atoms with E-state index in [0.29, 0.717) is 55.2 Å². The zero-order chi connectivity index (χ0) is 24.7. The van der Waals surface area contributed by atoms with Crippen LogP contribution in [-0.4, -0.2) is 46.5 Å². The Morgan fingerprint density at radius 3 is 2.51 bits per heavy atom. The monoisotopic (exact) mass is 511 g/mol. The second-order valence-electron chi connectivity index (χ2n) is 9.00. The van der Waals surface area contributed by atoms with Crippen molar-refractivity contribution in [1.82, 2.24) is 4.90 Å². The van der Waals surface area contributed by atoms with Gasteiger partial charge in [0.05, 0.1) is 19.1 Å². The lowest BCUT2D eigenvalue weighted by Crippen LogP contribution is -2.41. The van der Waals surface area contributed by atoms with Crippen molar-refractivity contribution in [1.29, 1.82) is 0 Å². The van der Waals surface area contributed by atoms with Gasteiger partial charge in [-0.25, -0.2) is 4.79 Å². The molecule has 1 saturated heterocycles. The molecule has 3 fully saturated rings. The number of thioether (sulfide) groups is 1. The zero-order valence-electron chi connectivity index (χ0n) is 19.4. The second kappa shape index (κ2) is 9.54. The van der Waals surface area contributed by atoms with Crippen LogP contribution in [-0.2, 0) is 9.59 Å². The maximum atomic E-state index is 13.4. The number of hydrogen-bond acceptors (Lipinski definition) is 7. The maximum absolute atomic E-state index is 13.4. The van der Waals surface area contributed by atoms with E-state index in [4.69, 9.17) is 31.2 Å². The molecule has 9 heteroatoms. The number of rotatable bonds is 7. The molecule has 2 heterocycles. The number of furan rings is 1. The number of nitrogens with zero attached hydrogens (tertiary/aromatic N) is 1. The number of fused-ring (bicyclic) bond motifs is 2. The van der Waals surface area contributed by atoms with Gasteiger partial charge in [0.25, 0.3) is 5.91 Å². The number of aliphatic carboxylic acids is 1. The highest BCUT2D eigenvalue weighted by Crippen LogP contribution is 2.49. The summed E-state index contributed by atoms with van der Waals surface area (Å²) in [6, 6.07) is 7.25. The number of thiocarbonyl (C=S) groups is 1. The van der Waals surface area contributed by atoms with E-state index < -0.39 is 5.97 Å². The van der Waals surface area contributed by atoms with Crippen molar-refractivity contribution in [3.8, 4) is 22.8 Å². The van der Waals surface area contributed by atoms with E-state index in [2.05, 4.69) is 0 Å². The number of carboxylic acids is 1. The molecule has 3 unspecified atom stereocenters. The van der Waals surface area contributed by atoms with Crippen LogP contribution in [0.1, 0.15) is 37.0 Å². The van der Waals surface area contributed by atoms with Crippen LogP contribution >= 0.6 is 24.0 Å². The highest BCUT2D eigenvalue weighted by molar-refractivity contribution is 8.26. The average Bonchev–Trinajstić information content (AvgIpc) is 3.62. The first kappa shape index (κ1) is 23.7. The Kier molecular flexibility index (Phi) is 6.46. The Bertz CT molecular complexity index is 1240. The molecule has 35 heavy (non-hydrogen) atoms. The summed E-state index contributed by atoms with van der Waals surface area (Å²) in [7, 11) is 3.12. The van der Waals surface area contributed by atoms with Crippen molar-refractivity contribution in [2.45, 2.75) is 31.7 Å². The van der Waals surface area contributed by atoms with Gasteiger partial charge in [-0.2, -0.15) is 0 Å². The number of carbonyl (C=O) groups excluding carboxylic acids is 1. The van der Waals surface area contributed by atoms with Gasteiger partial charge >= 0.3 is 5.97 Å². The summed E-state index contributed by atoms with van der Waals surface area (Å²) < 4.78 is 17.4. The van der Waals surface area contributed by atoms with E-state index in [1.165, 1.54) is 30.7 Å². The Morgan fingerprint density at radius 1 is 1.17 bits per heavy atom. The minimum atomic E-state index is -1.08. The minimum absolute atomic E-state index is 0.105. The fourth-order valence-electron chi connectivity index (χ4n) is 5.33. The van der Waals surface area contributed by atoms with E-state index in [1.54, 1.807) is 49.5 Å². The van der Waals surface area contributed by atoms with Crippen LogP contribution in [0.3, 0.4) is 0 Å². The number of carbonyl (C=O) groups is 2. The lowest BCUT2D eigenvalue weighted by atomic mass is 9.94. The van der Waals surface area contributed by atoms with Crippen molar-refractivity contribution in [2.24, 2.45) is 11.8 Å². The molecule has 5 rings (SSSR count). The van der Waals surface area contributed by atoms with Gasteiger partial charge in [0.1, 0.15) is 27.3 Å². The lowest BCUT2D eigenvalue weighted by Gasteiger charge is -2.30. The minimum Gasteiger partial charge on any atom is -0.497 e. The quantitative estimate of drug-likeness (QED) is 0.388. The molecule has 2 aromatic rings. The molecule has 3 aliphatic rings. The van der Waals surface area contributed by atoms with Crippen molar-refractivity contribution in [3.63, 3.8) is 0 Å². The molecular formula is C26H25NO6S2. The number of hydrogen-bond donors (Lipinski definition) is 1. The molecule has 2 aliphatic carbocycles. The first-order chi connectivity index (χ1) is 16.9. The molecule has 1 amide bonds. The molecule has 1 aromatic heterocycles. The topological polar surface area (TPSA) is 89.2 Å². The molecular weight excluding hydrogens is 486 g/mol. The molecule has 1 aliphatic heterocycles. The first-order valence-electron chi connectivity index (χ1n) is 11.4. The van der Waals surface area contributed by atoms with E-state index in [1.807, 2.05) is 0 Å². The van der Waals surface area contributed by atoms with Gasteiger partial charge < -0.3 is 19.0 Å². The number of carboxylic acid groups (broad SMARTS) is 1. The summed E-state index contributed by atoms with van der Waals surface area (Å²) in [5.74, 6) is 2.08. The predicted octanol–water partition coefficient (Wildman–Crippen LogP) is 5.45. The average molecular weight is 512 g/mol. The summed E-state index contributed by atoms with van der Waals surface area (Å²) >= 11 is 6.87. The third-order valence-electron chi connectivity index (χ3n) is 6.95. The van der Waals surface area contributed by atoms with Crippen LogP contribution in [0.2, 0.25) is 0 Å². The molecule has 0 radical (unpaired) electrons. The lowest BCUT2D eigenvalue weighted by molar-refractivity contribution is -0.131. The SMILES string of the molecule is COc1cc(OC)cc(-c2cc(C=CC(=O)O)c(C=C3SC(=S)N(C4CC5CCC4C5)C3=O)o2)c1. The molecule has 1 aromatic carbocycles. The van der Waals surface area contributed by atoms with Gasteiger partial charge in [-0.05, 0) is 55.4 Å². The largest absolute Gasteiger partial charge is 0.497 e. The third-order valence-corrected chi connectivity index (χ3v) is 8.28. The van der Waals surface area contributed by atoms with Crippen LogP contribution in [0.4, 0.5) is 0 Å². The standard InChI is InChI=1S/C26H25NO6S2/c1-31-18-9-17(10-19(12-18)32-2)21-11-16(5-6-24(28)29)22(33-21)13-23-25(30)27(26(34)35-23)20-8-14-3-4-15(20)7-14/h5-6,9-15,20H,3-4,7-8H2,1-2H3,(H,28,29). The molecule has 2 bridgehead atoms. The van der Waals surface area contributed by atoms with Gasteiger partial charge in [-0.15, -0.1) is 0 Å². The highest BCUT2D eigenvalue weighted by atomic mass is 32.2. The summed E-state index contributed by atoms with van der Waals surface area (Å²) in [6.07, 6.45) is 8.75. The Labute approximate surface area is 212 Å². The smallest absolute Gasteiger partial charge is 0.328 e. The van der Waals surface area contributed by atoms with Crippen molar-refractivity contribution >= 4 is 52.3 Å². The Morgan fingerprint density at radius 2 is 1.91 bits per heavy atom. The van der Waals surface area contributed by atoms with Crippen molar-refractivity contribution in [2.75, 3.05) is 14.2 Å². The highest BCUT2D eigenvalue weighted by Gasteiger charge is 2.48. The van der Waals surface area contributed by atoms with E-state index in [0.717, 1.165) is 18.9 Å². The van der Waals surface area contributed by atoms with Crippen LogP contribution in [0.5, 0.6) is 11.5 Å². The normalized spacial score (nSPS) is 24.8. The molecule has 3 atom stereocenters. The number of benzene rings is 1. The fourth-order valence-corrected chi connectivity index (χ4v) is 6.67. The molecule has 7 nitrogen and oxygen atoms in total. The maximum Gasteiger partial charge on any atom is 0.328 e. The number of amides is 1. The van der Waals surface area contributed by atoms with E-state index in [-0.39, 0.29) is 11.9 Å². The third kappa shape index (κ3) is 4.62. The number of methoxy groups -OCH3 is 2. The Balaban J connectivity index is 1.50. The molecule has 182 valence electrons. The first-order valence-corrected chi connectivity index (χ1v) is 12.6. The van der Waals surface area contributed by atoms with E-state index >= 15 is 0 Å².